The van der Waals surface area contributed by atoms with Crippen LogP contribution in [0.2, 0.25) is 5.02 Å². The summed E-state index contributed by atoms with van der Waals surface area (Å²) < 4.78 is 23.4. The third-order valence-corrected chi connectivity index (χ3v) is 10.6. The molecule has 9 heteroatoms. The molecule has 5 heterocycles. The SMILES string of the molecule is C[C@H]1CN2CCC[C@]2(COc2nc(N3CC[C@H]4CC[C@@H](C3)N4)c3cc(Cl)c(-c4cc(N)cc5ccccc45)c(F)c3n2)C1. The van der Waals surface area contributed by atoms with Gasteiger partial charge in [-0.25, -0.2) is 4.39 Å². The molecular formula is C34H38ClFN6O. The molecule has 3 N–H and O–H groups in total. The average molecular weight is 601 g/mol. The molecule has 8 rings (SSSR count). The number of ether oxygens (including phenoxy) is 1. The maximum atomic E-state index is 16.9. The van der Waals surface area contributed by atoms with E-state index in [9.17, 15) is 0 Å². The highest BCUT2D eigenvalue weighted by molar-refractivity contribution is 6.35. The minimum absolute atomic E-state index is 0.00769. The van der Waals surface area contributed by atoms with Gasteiger partial charge in [0.05, 0.1) is 10.6 Å². The number of fused-ring (bicyclic) bond motifs is 5. The number of anilines is 2. The van der Waals surface area contributed by atoms with Crippen molar-refractivity contribution in [3.05, 3.63) is 53.3 Å². The highest BCUT2D eigenvalue weighted by atomic mass is 35.5. The average Bonchev–Trinajstić information content (AvgIpc) is 3.62. The van der Waals surface area contributed by atoms with E-state index in [1.165, 1.54) is 12.8 Å². The molecule has 4 fully saturated rings. The third kappa shape index (κ3) is 4.69. The van der Waals surface area contributed by atoms with Gasteiger partial charge < -0.3 is 20.7 Å². The number of benzene rings is 3. The zero-order chi connectivity index (χ0) is 29.3. The van der Waals surface area contributed by atoms with E-state index in [0.29, 0.717) is 57.6 Å². The van der Waals surface area contributed by atoms with E-state index in [1.807, 2.05) is 36.4 Å². The van der Waals surface area contributed by atoms with Crippen LogP contribution in [0.4, 0.5) is 15.9 Å². The maximum absolute atomic E-state index is 16.9. The lowest BCUT2D eigenvalue weighted by molar-refractivity contribution is 0.107. The van der Waals surface area contributed by atoms with Crippen LogP contribution < -0.4 is 20.7 Å². The second-order valence-electron chi connectivity index (χ2n) is 13.3. The van der Waals surface area contributed by atoms with Crippen molar-refractivity contribution in [2.24, 2.45) is 5.92 Å². The van der Waals surface area contributed by atoms with Gasteiger partial charge in [-0.1, -0.05) is 42.8 Å². The smallest absolute Gasteiger partial charge is 0.319 e. The van der Waals surface area contributed by atoms with E-state index in [0.717, 1.165) is 62.6 Å². The predicted octanol–water partition coefficient (Wildman–Crippen LogP) is 6.41. The molecule has 0 amide bonds. The Bertz CT molecular complexity index is 1730. The van der Waals surface area contributed by atoms with Crippen LogP contribution in [0.5, 0.6) is 6.01 Å². The number of nitrogen functional groups attached to an aromatic ring is 1. The van der Waals surface area contributed by atoms with E-state index in [2.05, 4.69) is 22.0 Å². The maximum Gasteiger partial charge on any atom is 0.319 e. The normalized spacial score (nSPS) is 27.2. The molecule has 4 saturated heterocycles. The number of rotatable bonds is 5. The summed E-state index contributed by atoms with van der Waals surface area (Å²) >= 11 is 6.96. The molecule has 43 heavy (non-hydrogen) atoms. The summed E-state index contributed by atoms with van der Waals surface area (Å²) in [6.07, 6.45) is 6.73. The molecular weight excluding hydrogens is 563 g/mol. The first-order valence-corrected chi connectivity index (χ1v) is 16.1. The first kappa shape index (κ1) is 27.4. The first-order valence-electron chi connectivity index (χ1n) is 15.7. The Hall–Kier alpha value is -3.20. The van der Waals surface area contributed by atoms with Crippen LogP contribution in [-0.4, -0.2) is 65.3 Å². The number of hydrogen-bond acceptors (Lipinski definition) is 7. The van der Waals surface area contributed by atoms with Gasteiger partial charge in [-0.2, -0.15) is 9.97 Å². The van der Waals surface area contributed by atoms with Crippen molar-refractivity contribution in [3.63, 3.8) is 0 Å². The molecule has 0 unspecified atom stereocenters. The van der Waals surface area contributed by atoms with Crippen LogP contribution >= 0.6 is 11.6 Å². The number of nitrogens with zero attached hydrogens (tertiary/aromatic N) is 4. The Labute approximate surface area is 256 Å². The number of nitrogens with one attached hydrogen (secondary N) is 1. The van der Waals surface area contributed by atoms with Gasteiger partial charge in [-0.3, -0.25) is 4.90 Å². The van der Waals surface area contributed by atoms with Gasteiger partial charge >= 0.3 is 6.01 Å². The van der Waals surface area contributed by atoms with Crippen molar-refractivity contribution in [1.82, 2.24) is 20.2 Å². The van der Waals surface area contributed by atoms with E-state index < -0.39 is 5.82 Å². The summed E-state index contributed by atoms with van der Waals surface area (Å²) in [5.41, 5.74) is 8.03. The van der Waals surface area contributed by atoms with Gasteiger partial charge in [0, 0.05) is 48.4 Å². The first-order chi connectivity index (χ1) is 20.9. The van der Waals surface area contributed by atoms with E-state index in [1.54, 1.807) is 6.07 Å². The van der Waals surface area contributed by atoms with Crippen molar-refractivity contribution < 1.29 is 9.13 Å². The van der Waals surface area contributed by atoms with E-state index in [4.69, 9.17) is 32.0 Å². The number of nitrogens with two attached hydrogens (primary N) is 1. The Morgan fingerprint density at radius 2 is 1.93 bits per heavy atom. The lowest BCUT2D eigenvalue weighted by Gasteiger charge is -2.31. The summed E-state index contributed by atoms with van der Waals surface area (Å²) in [4.78, 5) is 14.6. The summed E-state index contributed by atoms with van der Waals surface area (Å²) in [6.45, 7) is 6.66. The molecule has 3 aromatic carbocycles. The van der Waals surface area contributed by atoms with E-state index in [-0.39, 0.29) is 17.1 Å². The molecule has 1 aromatic heterocycles. The van der Waals surface area contributed by atoms with Gasteiger partial charge in [0.1, 0.15) is 17.9 Å². The van der Waals surface area contributed by atoms with Crippen molar-refractivity contribution >= 4 is 44.8 Å². The molecule has 0 spiro atoms. The molecule has 7 nitrogen and oxygen atoms in total. The minimum Gasteiger partial charge on any atom is -0.461 e. The molecule has 4 aliphatic rings. The number of halogens is 2. The molecule has 4 aliphatic heterocycles. The molecule has 0 saturated carbocycles. The fourth-order valence-corrected chi connectivity index (χ4v) is 8.70. The van der Waals surface area contributed by atoms with Crippen molar-refractivity contribution in [3.8, 4) is 17.1 Å². The largest absolute Gasteiger partial charge is 0.461 e. The lowest BCUT2D eigenvalue weighted by atomic mass is 9.92. The lowest BCUT2D eigenvalue weighted by Crippen LogP contribution is -2.43. The fourth-order valence-electron chi connectivity index (χ4n) is 8.41. The van der Waals surface area contributed by atoms with Crippen LogP contribution in [-0.2, 0) is 0 Å². The third-order valence-electron chi connectivity index (χ3n) is 10.3. The molecule has 4 atom stereocenters. The predicted molar refractivity (Wildman–Crippen MR) is 171 cm³/mol. The zero-order valence-corrected chi connectivity index (χ0v) is 25.3. The van der Waals surface area contributed by atoms with Crippen LogP contribution in [0.1, 0.15) is 45.4 Å². The minimum atomic E-state index is -0.476. The highest BCUT2D eigenvalue weighted by Gasteiger charge is 2.48. The molecule has 4 aromatic rings. The molecule has 2 bridgehead atoms. The Kier molecular flexibility index (Phi) is 6.65. The zero-order valence-electron chi connectivity index (χ0n) is 24.6. The van der Waals surface area contributed by atoms with Crippen LogP contribution in [0.25, 0.3) is 32.8 Å². The van der Waals surface area contributed by atoms with Gasteiger partial charge in [0.2, 0.25) is 0 Å². The fraction of sp³-hybridized carbons (Fsp3) is 0.471. The second-order valence-corrected chi connectivity index (χ2v) is 13.7. The van der Waals surface area contributed by atoms with Gasteiger partial charge in [-0.05, 0) is 85.5 Å². The Morgan fingerprint density at radius 3 is 2.84 bits per heavy atom. The summed E-state index contributed by atoms with van der Waals surface area (Å²) in [7, 11) is 0. The molecule has 0 aliphatic carbocycles. The van der Waals surface area contributed by atoms with Gasteiger partial charge in [0.25, 0.3) is 0 Å². The molecule has 224 valence electrons. The standard InChI is InChI=1S/C34H38ClFN6O/c1-20-16-34(10-4-11-42(34)17-20)19-43-33-39-31-27(32(40-33)41-12-9-23-7-8-24(18-41)38-23)15-28(35)29(30(31)36)26-14-22(37)13-21-5-2-3-6-25(21)26/h2-3,5-6,13-15,20,23-24,38H,4,7-12,16-19,37H2,1H3/t20-,23-,24+,34-/m1/s1. The summed E-state index contributed by atoms with van der Waals surface area (Å²) in [6, 6.07) is 14.5. The van der Waals surface area contributed by atoms with Crippen molar-refractivity contribution in [1.29, 1.82) is 0 Å². The Morgan fingerprint density at radius 1 is 1.07 bits per heavy atom. The Balaban J connectivity index is 1.27. The summed E-state index contributed by atoms with van der Waals surface area (Å²) in [5, 5.41) is 6.48. The number of aromatic nitrogens is 2. The molecule has 0 radical (unpaired) electrons. The number of hydrogen-bond donors (Lipinski definition) is 2. The van der Waals surface area contributed by atoms with Crippen LogP contribution in [0.15, 0.2) is 42.5 Å². The van der Waals surface area contributed by atoms with Gasteiger partial charge in [0.15, 0.2) is 5.82 Å². The van der Waals surface area contributed by atoms with Gasteiger partial charge in [-0.15, -0.1) is 0 Å². The van der Waals surface area contributed by atoms with Crippen molar-refractivity contribution in [2.75, 3.05) is 43.4 Å². The second kappa shape index (κ2) is 10.5. The summed E-state index contributed by atoms with van der Waals surface area (Å²) in [5.74, 6) is 0.850. The monoisotopic (exact) mass is 600 g/mol. The van der Waals surface area contributed by atoms with Crippen LogP contribution in [0.3, 0.4) is 0 Å². The topological polar surface area (TPSA) is 79.5 Å². The van der Waals surface area contributed by atoms with E-state index >= 15 is 4.39 Å². The van der Waals surface area contributed by atoms with Crippen LogP contribution in [0, 0.1) is 11.7 Å². The highest BCUT2D eigenvalue weighted by Crippen LogP contribution is 2.44. The quantitative estimate of drug-likeness (QED) is 0.256. The van der Waals surface area contributed by atoms with Crippen molar-refractivity contribution in [2.45, 2.75) is 63.1 Å².